The summed E-state index contributed by atoms with van der Waals surface area (Å²) in [6.07, 6.45) is 1.83. The van der Waals surface area contributed by atoms with Gasteiger partial charge < -0.3 is 5.73 Å². The Morgan fingerprint density at radius 3 is 2.43 bits per heavy atom. The number of hydrogen-bond donors (Lipinski definition) is 1. The first-order valence-corrected chi connectivity index (χ1v) is 11.2. The van der Waals surface area contributed by atoms with E-state index in [2.05, 4.69) is 4.98 Å². The van der Waals surface area contributed by atoms with Crippen molar-refractivity contribution in [2.24, 2.45) is 5.73 Å². The van der Waals surface area contributed by atoms with Crippen molar-refractivity contribution in [3.8, 4) is 21.8 Å². The summed E-state index contributed by atoms with van der Waals surface area (Å²) in [5.74, 6) is -0.478. The van der Waals surface area contributed by atoms with Gasteiger partial charge in [-0.05, 0) is 37.1 Å². The number of benzene rings is 2. The summed E-state index contributed by atoms with van der Waals surface area (Å²) in [6, 6.07) is 13.9. The third-order valence-corrected chi connectivity index (χ3v) is 7.56. The van der Waals surface area contributed by atoms with Gasteiger partial charge in [0.15, 0.2) is 0 Å². The predicted octanol–water partition coefficient (Wildman–Crippen LogP) is 3.36. The molecule has 8 heteroatoms. The molecule has 0 bridgehead atoms. The van der Waals surface area contributed by atoms with E-state index in [9.17, 15) is 13.2 Å². The third-order valence-electron chi connectivity index (χ3n) is 4.75. The van der Waals surface area contributed by atoms with Gasteiger partial charge in [0.1, 0.15) is 5.01 Å². The number of sulfonamides is 1. The number of amides is 1. The average molecular weight is 414 g/mol. The highest BCUT2D eigenvalue weighted by Gasteiger charge is 2.27. The molecule has 0 spiro atoms. The van der Waals surface area contributed by atoms with Crippen LogP contribution in [0.25, 0.3) is 21.8 Å². The van der Waals surface area contributed by atoms with E-state index in [4.69, 9.17) is 5.73 Å². The maximum Gasteiger partial charge on any atom is 0.248 e. The maximum atomic E-state index is 12.6. The van der Waals surface area contributed by atoms with Gasteiger partial charge in [0.05, 0.1) is 10.6 Å². The summed E-state index contributed by atoms with van der Waals surface area (Å²) < 4.78 is 26.8. The molecule has 3 aromatic rings. The Balaban J connectivity index is 1.59. The summed E-state index contributed by atoms with van der Waals surface area (Å²) in [5.41, 5.74) is 8.20. The number of primary amides is 1. The molecule has 0 saturated carbocycles. The molecular weight excluding hydrogens is 394 g/mol. The van der Waals surface area contributed by atoms with E-state index in [0.29, 0.717) is 23.5 Å². The summed E-state index contributed by atoms with van der Waals surface area (Å²) in [6.45, 7) is 1.17. The van der Waals surface area contributed by atoms with Crippen molar-refractivity contribution >= 4 is 27.3 Å². The normalized spacial score (nSPS) is 15.0. The van der Waals surface area contributed by atoms with Gasteiger partial charge in [-0.15, -0.1) is 11.3 Å². The van der Waals surface area contributed by atoms with Gasteiger partial charge in [-0.2, -0.15) is 4.31 Å². The van der Waals surface area contributed by atoms with E-state index < -0.39 is 15.9 Å². The second-order valence-electron chi connectivity index (χ2n) is 6.62. The molecule has 2 aromatic carbocycles. The lowest BCUT2D eigenvalue weighted by Crippen LogP contribution is -2.27. The third kappa shape index (κ3) is 3.58. The quantitative estimate of drug-likeness (QED) is 0.694. The highest BCUT2D eigenvalue weighted by molar-refractivity contribution is 7.89. The van der Waals surface area contributed by atoms with Crippen molar-refractivity contribution in [2.45, 2.75) is 17.7 Å². The average Bonchev–Trinajstić information content (AvgIpc) is 3.41. The van der Waals surface area contributed by atoms with Gasteiger partial charge in [-0.25, -0.2) is 13.4 Å². The van der Waals surface area contributed by atoms with Crippen molar-refractivity contribution in [3.63, 3.8) is 0 Å². The highest BCUT2D eigenvalue weighted by Crippen LogP contribution is 2.30. The van der Waals surface area contributed by atoms with Crippen LogP contribution < -0.4 is 5.73 Å². The number of hydrogen-bond acceptors (Lipinski definition) is 5. The molecule has 1 amide bonds. The predicted molar refractivity (Wildman–Crippen MR) is 109 cm³/mol. The number of aromatic nitrogens is 1. The largest absolute Gasteiger partial charge is 0.366 e. The van der Waals surface area contributed by atoms with Crippen LogP contribution in [-0.2, 0) is 10.0 Å². The fourth-order valence-electron chi connectivity index (χ4n) is 3.22. The lowest BCUT2D eigenvalue weighted by atomic mass is 10.1. The topological polar surface area (TPSA) is 93.4 Å². The molecule has 1 aromatic heterocycles. The summed E-state index contributed by atoms with van der Waals surface area (Å²) in [7, 11) is -3.42. The van der Waals surface area contributed by atoms with Crippen molar-refractivity contribution in [1.82, 2.24) is 9.29 Å². The number of carbonyl (C=O) groups excluding carboxylic acids is 1. The van der Waals surface area contributed by atoms with Crippen LogP contribution in [0.3, 0.4) is 0 Å². The van der Waals surface area contributed by atoms with Gasteiger partial charge in [0.2, 0.25) is 15.9 Å². The molecule has 2 heterocycles. The zero-order valence-electron chi connectivity index (χ0n) is 15.0. The van der Waals surface area contributed by atoms with Gasteiger partial charge in [-0.3, -0.25) is 4.79 Å². The molecule has 144 valence electrons. The van der Waals surface area contributed by atoms with Crippen LogP contribution in [0.2, 0.25) is 0 Å². The Labute approximate surface area is 167 Å². The SMILES string of the molecule is NC(=O)c1cccc(-c2nc(-c3ccc(S(=O)(=O)N4CCCC4)cc3)cs2)c1. The number of nitrogens with two attached hydrogens (primary N) is 1. The molecule has 0 atom stereocenters. The van der Waals surface area contributed by atoms with Crippen LogP contribution in [0.5, 0.6) is 0 Å². The summed E-state index contributed by atoms with van der Waals surface area (Å²) in [4.78, 5) is 16.3. The van der Waals surface area contributed by atoms with Crippen LogP contribution in [-0.4, -0.2) is 36.7 Å². The van der Waals surface area contributed by atoms with Gasteiger partial charge in [0.25, 0.3) is 0 Å². The van der Waals surface area contributed by atoms with Crippen LogP contribution in [0.4, 0.5) is 0 Å². The second kappa shape index (κ2) is 7.46. The van der Waals surface area contributed by atoms with E-state index in [1.54, 1.807) is 42.5 Å². The molecular formula is C20H19N3O3S2. The molecule has 0 unspecified atom stereocenters. The fourth-order valence-corrected chi connectivity index (χ4v) is 5.56. The van der Waals surface area contributed by atoms with Crippen molar-refractivity contribution in [3.05, 3.63) is 59.5 Å². The lowest BCUT2D eigenvalue weighted by Gasteiger charge is -2.15. The number of carbonyl (C=O) groups is 1. The Morgan fingerprint density at radius 2 is 1.75 bits per heavy atom. The van der Waals surface area contributed by atoms with E-state index in [-0.39, 0.29) is 0 Å². The van der Waals surface area contributed by atoms with Gasteiger partial charge in [-0.1, -0.05) is 24.3 Å². The van der Waals surface area contributed by atoms with E-state index in [1.807, 2.05) is 11.4 Å². The second-order valence-corrected chi connectivity index (χ2v) is 9.41. The Bertz CT molecular complexity index is 1120. The zero-order chi connectivity index (χ0) is 19.7. The monoisotopic (exact) mass is 413 g/mol. The first-order valence-electron chi connectivity index (χ1n) is 8.91. The molecule has 0 aliphatic carbocycles. The highest BCUT2D eigenvalue weighted by atomic mass is 32.2. The maximum absolute atomic E-state index is 12.6. The minimum Gasteiger partial charge on any atom is -0.366 e. The summed E-state index contributed by atoms with van der Waals surface area (Å²) in [5, 5.41) is 2.68. The number of nitrogens with zero attached hydrogens (tertiary/aromatic N) is 2. The molecule has 6 nitrogen and oxygen atoms in total. The van der Waals surface area contributed by atoms with Crippen molar-refractivity contribution in [1.29, 1.82) is 0 Å². The zero-order valence-corrected chi connectivity index (χ0v) is 16.7. The van der Waals surface area contributed by atoms with Crippen molar-refractivity contribution in [2.75, 3.05) is 13.1 Å². The van der Waals surface area contributed by atoms with Crippen LogP contribution in [0.1, 0.15) is 23.2 Å². The van der Waals surface area contributed by atoms with Crippen LogP contribution >= 0.6 is 11.3 Å². The van der Waals surface area contributed by atoms with E-state index in [0.717, 1.165) is 34.7 Å². The molecule has 28 heavy (non-hydrogen) atoms. The molecule has 2 N–H and O–H groups in total. The Kier molecular flexibility index (Phi) is 5.01. The number of rotatable bonds is 5. The first-order chi connectivity index (χ1) is 13.4. The molecule has 4 rings (SSSR count). The Hall–Kier alpha value is -2.55. The van der Waals surface area contributed by atoms with Crippen LogP contribution in [0.15, 0.2) is 58.8 Å². The molecule has 1 fully saturated rings. The smallest absolute Gasteiger partial charge is 0.248 e. The van der Waals surface area contributed by atoms with Gasteiger partial charge in [0, 0.05) is 35.2 Å². The lowest BCUT2D eigenvalue weighted by molar-refractivity contribution is 0.100. The van der Waals surface area contributed by atoms with Crippen LogP contribution in [0, 0.1) is 0 Å². The number of thiazole rings is 1. The standard InChI is InChI=1S/C20H19N3O3S2/c21-19(24)15-4-3-5-16(12-15)20-22-18(13-27-20)14-6-8-17(9-7-14)28(25,26)23-10-1-2-11-23/h3-9,12-13H,1-2,10-11H2,(H2,21,24). The molecule has 1 aliphatic rings. The molecule has 0 radical (unpaired) electrons. The first kappa shape index (κ1) is 18.8. The molecule has 1 saturated heterocycles. The minimum absolute atomic E-state index is 0.308. The molecule has 1 aliphatic heterocycles. The minimum atomic E-state index is -3.42. The van der Waals surface area contributed by atoms with E-state index >= 15 is 0 Å². The van der Waals surface area contributed by atoms with E-state index in [1.165, 1.54) is 15.6 Å². The van der Waals surface area contributed by atoms with Crippen molar-refractivity contribution < 1.29 is 13.2 Å². The summed E-state index contributed by atoms with van der Waals surface area (Å²) >= 11 is 1.46. The Morgan fingerprint density at radius 1 is 1.04 bits per heavy atom. The fraction of sp³-hybridized carbons (Fsp3) is 0.200. The van der Waals surface area contributed by atoms with Gasteiger partial charge >= 0.3 is 0 Å².